The van der Waals surface area contributed by atoms with Crippen LogP contribution in [0.1, 0.15) is 24.5 Å². The Morgan fingerprint density at radius 3 is 2.70 bits per heavy atom. The number of rotatable bonds is 2. The van der Waals surface area contributed by atoms with Crippen LogP contribution in [0, 0.1) is 5.82 Å². The molecule has 0 amide bonds. The summed E-state index contributed by atoms with van der Waals surface area (Å²) in [6, 6.07) is 14.0. The Bertz CT molecular complexity index is 609. The first-order valence-electron chi connectivity index (χ1n) is 6.93. The molecule has 0 aliphatic carbocycles. The van der Waals surface area contributed by atoms with Gasteiger partial charge in [0.05, 0.1) is 0 Å². The molecule has 1 atom stereocenters. The molecule has 0 radical (unpaired) electrons. The van der Waals surface area contributed by atoms with Crippen molar-refractivity contribution in [3.8, 4) is 0 Å². The zero-order valence-corrected chi connectivity index (χ0v) is 13.0. The molecule has 0 fully saturated rings. The van der Waals surface area contributed by atoms with Gasteiger partial charge in [0.15, 0.2) is 0 Å². The standard InChI is InChI=1S/C17H17BrFN/c1-12-2-5-14-10-16(19)8-9-17(14)20(12)11-13-3-6-15(18)7-4-13/h3-4,6-10,12H,2,5,11H2,1H3. The number of nitrogens with zero attached hydrogens (tertiary/aromatic N) is 1. The van der Waals surface area contributed by atoms with Crippen molar-refractivity contribution in [3.63, 3.8) is 0 Å². The fourth-order valence-corrected chi connectivity index (χ4v) is 3.08. The van der Waals surface area contributed by atoms with Crippen molar-refractivity contribution in [2.45, 2.75) is 32.4 Å². The van der Waals surface area contributed by atoms with E-state index < -0.39 is 0 Å². The van der Waals surface area contributed by atoms with Crippen LogP contribution in [-0.4, -0.2) is 6.04 Å². The Kier molecular flexibility index (Phi) is 3.79. The average Bonchev–Trinajstić information content (AvgIpc) is 2.44. The van der Waals surface area contributed by atoms with Gasteiger partial charge in [-0.1, -0.05) is 28.1 Å². The normalized spacial score (nSPS) is 17.9. The molecule has 0 bridgehead atoms. The van der Waals surface area contributed by atoms with Crippen LogP contribution >= 0.6 is 15.9 Å². The first-order chi connectivity index (χ1) is 9.63. The lowest BCUT2D eigenvalue weighted by atomic mass is 9.96. The van der Waals surface area contributed by atoms with Crippen molar-refractivity contribution in [2.24, 2.45) is 0 Å². The van der Waals surface area contributed by atoms with Gasteiger partial charge in [-0.25, -0.2) is 4.39 Å². The van der Waals surface area contributed by atoms with Crippen LogP contribution in [0.4, 0.5) is 10.1 Å². The van der Waals surface area contributed by atoms with Gasteiger partial charge in [-0.3, -0.25) is 0 Å². The van der Waals surface area contributed by atoms with Gasteiger partial charge in [0, 0.05) is 22.7 Å². The third-order valence-electron chi connectivity index (χ3n) is 3.98. The minimum Gasteiger partial charge on any atom is -0.364 e. The van der Waals surface area contributed by atoms with Gasteiger partial charge in [-0.05, 0) is 61.2 Å². The summed E-state index contributed by atoms with van der Waals surface area (Å²) in [6.45, 7) is 3.11. The topological polar surface area (TPSA) is 3.24 Å². The predicted octanol–water partition coefficient (Wildman–Crippen LogP) is 4.93. The highest BCUT2D eigenvalue weighted by Crippen LogP contribution is 2.32. The van der Waals surface area contributed by atoms with Crippen LogP contribution in [-0.2, 0) is 13.0 Å². The first-order valence-corrected chi connectivity index (χ1v) is 7.72. The summed E-state index contributed by atoms with van der Waals surface area (Å²) in [6.07, 6.45) is 2.04. The largest absolute Gasteiger partial charge is 0.364 e. The molecule has 1 unspecified atom stereocenters. The van der Waals surface area contributed by atoms with E-state index in [4.69, 9.17) is 0 Å². The van der Waals surface area contributed by atoms with E-state index in [1.807, 2.05) is 6.07 Å². The molecule has 3 rings (SSSR count). The molecule has 1 aliphatic rings. The number of fused-ring (bicyclic) bond motifs is 1. The van der Waals surface area contributed by atoms with E-state index in [2.05, 4.69) is 52.0 Å². The van der Waals surface area contributed by atoms with Gasteiger partial charge in [-0.2, -0.15) is 0 Å². The maximum Gasteiger partial charge on any atom is 0.123 e. The van der Waals surface area contributed by atoms with E-state index in [0.29, 0.717) is 6.04 Å². The molecule has 20 heavy (non-hydrogen) atoms. The molecular weight excluding hydrogens is 317 g/mol. The third kappa shape index (κ3) is 2.73. The van der Waals surface area contributed by atoms with Crippen LogP contribution in [0.2, 0.25) is 0 Å². The zero-order chi connectivity index (χ0) is 14.1. The second-order valence-electron chi connectivity index (χ2n) is 5.42. The average molecular weight is 334 g/mol. The number of hydrogen-bond acceptors (Lipinski definition) is 1. The molecular formula is C17H17BrFN. The van der Waals surface area contributed by atoms with Gasteiger partial charge in [-0.15, -0.1) is 0 Å². The summed E-state index contributed by atoms with van der Waals surface area (Å²) in [5, 5.41) is 0. The second-order valence-corrected chi connectivity index (χ2v) is 6.33. The van der Waals surface area contributed by atoms with E-state index >= 15 is 0 Å². The van der Waals surface area contributed by atoms with Crippen molar-refractivity contribution < 1.29 is 4.39 Å². The molecule has 3 heteroatoms. The lowest BCUT2D eigenvalue weighted by molar-refractivity contribution is 0.554. The van der Waals surface area contributed by atoms with Crippen molar-refractivity contribution in [1.29, 1.82) is 0 Å². The van der Waals surface area contributed by atoms with Crippen molar-refractivity contribution in [2.75, 3.05) is 4.90 Å². The fraction of sp³-hybridized carbons (Fsp3) is 0.294. The molecule has 104 valence electrons. The summed E-state index contributed by atoms with van der Waals surface area (Å²) < 4.78 is 14.5. The molecule has 0 saturated carbocycles. The van der Waals surface area contributed by atoms with Crippen LogP contribution in [0.5, 0.6) is 0 Å². The van der Waals surface area contributed by atoms with Gasteiger partial charge < -0.3 is 4.90 Å². The van der Waals surface area contributed by atoms with Crippen molar-refractivity contribution in [3.05, 3.63) is 63.9 Å². The summed E-state index contributed by atoms with van der Waals surface area (Å²) >= 11 is 3.46. The third-order valence-corrected chi connectivity index (χ3v) is 4.51. The minimum absolute atomic E-state index is 0.137. The number of aryl methyl sites for hydroxylation is 1. The highest BCUT2D eigenvalue weighted by atomic mass is 79.9. The van der Waals surface area contributed by atoms with Gasteiger partial charge in [0.1, 0.15) is 5.82 Å². The lowest BCUT2D eigenvalue weighted by Gasteiger charge is -2.37. The van der Waals surface area contributed by atoms with E-state index in [1.165, 1.54) is 11.3 Å². The van der Waals surface area contributed by atoms with E-state index in [9.17, 15) is 4.39 Å². The maximum absolute atomic E-state index is 13.4. The Morgan fingerprint density at radius 1 is 1.20 bits per heavy atom. The number of benzene rings is 2. The molecule has 0 N–H and O–H groups in total. The molecule has 0 spiro atoms. The quantitative estimate of drug-likeness (QED) is 0.753. The first kappa shape index (κ1) is 13.6. The SMILES string of the molecule is CC1CCc2cc(F)ccc2N1Cc1ccc(Br)cc1. The van der Waals surface area contributed by atoms with Crippen LogP contribution in [0.25, 0.3) is 0 Å². The Labute approximate surface area is 127 Å². The second kappa shape index (κ2) is 5.57. The van der Waals surface area contributed by atoms with Gasteiger partial charge in [0.25, 0.3) is 0 Å². The Morgan fingerprint density at radius 2 is 1.95 bits per heavy atom. The van der Waals surface area contributed by atoms with Crippen LogP contribution < -0.4 is 4.90 Å². The lowest BCUT2D eigenvalue weighted by Crippen LogP contribution is -2.36. The van der Waals surface area contributed by atoms with Gasteiger partial charge >= 0.3 is 0 Å². The molecule has 0 saturated heterocycles. The van der Waals surface area contributed by atoms with Crippen LogP contribution in [0.15, 0.2) is 46.9 Å². The highest BCUT2D eigenvalue weighted by molar-refractivity contribution is 9.10. The van der Waals surface area contributed by atoms with E-state index in [1.54, 1.807) is 12.1 Å². The fourth-order valence-electron chi connectivity index (χ4n) is 2.82. The monoisotopic (exact) mass is 333 g/mol. The van der Waals surface area contributed by atoms with Crippen molar-refractivity contribution in [1.82, 2.24) is 0 Å². The molecule has 1 nitrogen and oxygen atoms in total. The number of anilines is 1. The zero-order valence-electron chi connectivity index (χ0n) is 11.4. The Balaban J connectivity index is 1.91. The molecule has 1 aliphatic heterocycles. The molecule has 0 aromatic heterocycles. The van der Waals surface area contributed by atoms with E-state index in [-0.39, 0.29) is 5.82 Å². The summed E-state index contributed by atoms with van der Waals surface area (Å²) in [5.74, 6) is -0.137. The Hall–Kier alpha value is -1.35. The summed E-state index contributed by atoms with van der Waals surface area (Å²) in [4.78, 5) is 2.38. The molecule has 2 aromatic rings. The van der Waals surface area contributed by atoms with E-state index in [0.717, 1.165) is 29.4 Å². The predicted molar refractivity (Wildman–Crippen MR) is 84.5 cm³/mol. The smallest absolute Gasteiger partial charge is 0.123 e. The highest BCUT2D eigenvalue weighted by Gasteiger charge is 2.23. The number of halogens is 2. The van der Waals surface area contributed by atoms with Crippen LogP contribution in [0.3, 0.4) is 0 Å². The summed E-state index contributed by atoms with van der Waals surface area (Å²) in [5.41, 5.74) is 3.57. The number of hydrogen-bond donors (Lipinski definition) is 0. The van der Waals surface area contributed by atoms with Gasteiger partial charge in [0.2, 0.25) is 0 Å². The molecule has 1 heterocycles. The summed E-state index contributed by atoms with van der Waals surface area (Å²) in [7, 11) is 0. The minimum atomic E-state index is -0.137. The molecule has 2 aromatic carbocycles. The maximum atomic E-state index is 13.4. The van der Waals surface area contributed by atoms with Crippen molar-refractivity contribution >= 4 is 21.6 Å².